The van der Waals surface area contributed by atoms with Crippen LogP contribution >= 0.6 is 15.9 Å². The number of hydrogen-bond donors (Lipinski definition) is 2. The van der Waals surface area contributed by atoms with Crippen LogP contribution in [0, 0.1) is 0 Å². The molecule has 0 aliphatic carbocycles. The fourth-order valence-corrected chi connectivity index (χ4v) is 3.22. The predicted molar refractivity (Wildman–Crippen MR) is 116 cm³/mol. The first-order chi connectivity index (χ1) is 13.2. The summed E-state index contributed by atoms with van der Waals surface area (Å²) in [5, 5.41) is 3.23. The zero-order valence-electron chi connectivity index (χ0n) is 16.4. The summed E-state index contributed by atoms with van der Waals surface area (Å²) in [4.78, 5) is 20.6. The van der Waals surface area contributed by atoms with Gasteiger partial charge in [-0.1, -0.05) is 0 Å². The van der Waals surface area contributed by atoms with Crippen LogP contribution < -0.4 is 16.0 Å². The van der Waals surface area contributed by atoms with E-state index < -0.39 is 5.60 Å². The second kappa shape index (κ2) is 8.26. The minimum absolute atomic E-state index is 0.245. The molecule has 3 rings (SSSR count). The Morgan fingerprint density at radius 2 is 1.75 bits per heavy atom. The Bertz CT molecular complexity index is 827. The van der Waals surface area contributed by atoms with Gasteiger partial charge in [-0.3, -0.25) is 0 Å². The van der Waals surface area contributed by atoms with E-state index in [9.17, 15) is 4.79 Å². The largest absolute Gasteiger partial charge is 0.444 e. The summed E-state index contributed by atoms with van der Waals surface area (Å²) in [6, 6.07) is 11.7. The Labute approximate surface area is 174 Å². The molecule has 0 radical (unpaired) electrons. The number of carbonyl (C=O) groups is 1. The zero-order valence-corrected chi connectivity index (χ0v) is 18.0. The maximum atomic E-state index is 12.2. The number of anilines is 4. The molecule has 1 saturated heterocycles. The summed E-state index contributed by atoms with van der Waals surface area (Å²) in [6.07, 6.45) is -0.245. The first-order valence-corrected chi connectivity index (χ1v) is 10.0. The van der Waals surface area contributed by atoms with Gasteiger partial charge in [-0.05, 0) is 73.1 Å². The minimum Gasteiger partial charge on any atom is -0.444 e. The highest BCUT2D eigenvalue weighted by Gasteiger charge is 2.25. The van der Waals surface area contributed by atoms with Crippen molar-refractivity contribution in [2.45, 2.75) is 26.4 Å². The highest BCUT2D eigenvalue weighted by Crippen LogP contribution is 2.25. The number of nitrogen functional groups attached to an aromatic ring is 1. The number of nitrogens with one attached hydrogen (secondary N) is 1. The highest BCUT2D eigenvalue weighted by atomic mass is 79.9. The number of nitrogens with zero attached hydrogens (tertiary/aromatic N) is 3. The predicted octanol–water partition coefficient (Wildman–Crippen LogP) is 4.23. The van der Waals surface area contributed by atoms with Crippen LogP contribution in [0.1, 0.15) is 20.8 Å². The van der Waals surface area contributed by atoms with E-state index in [0.717, 1.165) is 29.1 Å². The second-order valence-electron chi connectivity index (χ2n) is 7.70. The smallest absolute Gasteiger partial charge is 0.410 e. The molecule has 28 heavy (non-hydrogen) atoms. The number of carbonyl (C=O) groups excluding carboxylic acids is 1. The molecule has 0 saturated carbocycles. The normalized spacial score (nSPS) is 14.7. The molecule has 8 heteroatoms. The fraction of sp³-hybridized carbons (Fsp3) is 0.400. The van der Waals surface area contributed by atoms with Gasteiger partial charge in [0, 0.05) is 37.6 Å². The molecule has 0 unspecified atom stereocenters. The lowest BCUT2D eigenvalue weighted by Gasteiger charge is -2.36. The molecular weight excluding hydrogens is 422 g/mol. The average Bonchev–Trinajstić information content (AvgIpc) is 2.64. The van der Waals surface area contributed by atoms with E-state index in [1.165, 1.54) is 0 Å². The molecule has 1 aliphatic heterocycles. The zero-order chi connectivity index (χ0) is 20.3. The molecule has 2 aromatic rings. The number of rotatable bonds is 3. The Hall–Kier alpha value is -2.48. The van der Waals surface area contributed by atoms with Gasteiger partial charge in [-0.25, -0.2) is 9.78 Å². The molecule has 7 nitrogen and oxygen atoms in total. The first kappa shape index (κ1) is 20.3. The monoisotopic (exact) mass is 447 g/mol. The third-order valence-electron chi connectivity index (χ3n) is 4.32. The quantitative estimate of drug-likeness (QED) is 0.684. The van der Waals surface area contributed by atoms with Crippen molar-refractivity contribution in [2.75, 3.05) is 42.1 Å². The van der Waals surface area contributed by atoms with Crippen molar-refractivity contribution >= 4 is 44.9 Å². The molecule has 2 heterocycles. The van der Waals surface area contributed by atoms with Crippen LogP contribution in [0.3, 0.4) is 0 Å². The van der Waals surface area contributed by atoms with Gasteiger partial charge in [-0.2, -0.15) is 0 Å². The van der Waals surface area contributed by atoms with Gasteiger partial charge in [0.2, 0.25) is 0 Å². The van der Waals surface area contributed by atoms with Crippen molar-refractivity contribution in [2.24, 2.45) is 0 Å². The molecule has 1 aromatic heterocycles. The summed E-state index contributed by atoms with van der Waals surface area (Å²) in [5.74, 6) is 0.619. The van der Waals surface area contributed by atoms with Crippen LogP contribution in [0.25, 0.3) is 0 Å². The van der Waals surface area contributed by atoms with Gasteiger partial charge in [0.25, 0.3) is 0 Å². The fourth-order valence-electron chi connectivity index (χ4n) is 2.91. The third-order valence-corrected chi connectivity index (χ3v) is 4.76. The molecule has 0 atom stereocenters. The minimum atomic E-state index is -0.469. The van der Waals surface area contributed by atoms with E-state index in [1.54, 1.807) is 17.0 Å². The van der Waals surface area contributed by atoms with Crippen molar-refractivity contribution in [1.82, 2.24) is 9.88 Å². The third kappa shape index (κ3) is 5.28. The summed E-state index contributed by atoms with van der Waals surface area (Å²) in [7, 11) is 0. The second-order valence-corrected chi connectivity index (χ2v) is 8.51. The average molecular weight is 448 g/mol. The number of piperazine rings is 1. The molecule has 1 aromatic carbocycles. The Kier molecular flexibility index (Phi) is 5.98. The summed E-state index contributed by atoms with van der Waals surface area (Å²) >= 11 is 3.35. The van der Waals surface area contributed by atoms with E-state index >= 15 is 0 Å². The number of halogens is 1. The number of nitrogens with two attached hydrogens (primary N) is 1. The van der Waals surface area contributed by atoms with Crippen LogP contribution in [-0.2, 0) is 4.74 Å². The number of aromatic nitrogens is 1. The molecule has 1 aliphatic rings. The molecular formula is C20H26BrN5O2. The van der Waals surface area contributed by atoms with E-state index in [-0.39, 0.29) is 6.09 Å². The topological polar surface area (TPSA) is 83.7 Å². The Morgan fingerprint density at radius 3 is 2.36 bits per heavy atom. The van der Waals surface area contributed by atoms with Crippen molar-refractivity contribution in [3.63, 3.8) is 0 Å². The van der Waals surface area contributed by atoms with Gasteiger partial charge < -0.3 is 25.6 Å². The summed E-state index contributed by atoms with van der Waals surface area (Å²) in [5.41, 5.74) is 8.11. The number of hydrogen-bond acceptors (Lipinski definition) is 6. The van der Waals surface area contributed by atoms with Gasteiger partial charge >= 0.3 is 6.09 Å². The van der Waals surface area contributed by atoms with Crippen molar-refractivity contribution in [3.8, 4) is 0 Å². The van der Waals surface area contributed by atoms with Crippen molar-refractivity contribution in [3.05, 3.63) is 41.0 Å². The van der Waals surface area contributed by atoms with E-state index in [2.05, 4.69) is 43.3 Å². The number of amides is 1. The van der Waals surface area contributed by atoms with E-state index in [4.69, 9.17) is 10.5 Å². The Balaban J connectivity index is 1.57. The van der Waals surface area contributed by atoms with E-state index in [0.29, 0.717) is 24.6 Å². The van der Waals surface area contributed by atoms with Crippen molar-refractivity contribution < 1.29 is 9.53 Å². The SMILES string of the molecule is CC(C)(C)OC(=O)N1CCN(c2ccc(Nc3nc(Br)ccc3N)cc2)CC1. The van der Waals surface area contributed by atoms with Crippen LogP contribution in [-0.4, -0.2) is 47.8 Å². The van der Waals surface area contributed by atoms with Gasteiger partial charge in [0.1, 0.15) is 10.2 Å². The van der Waals surface area contributed by atoms with Crippen molar-refractivity contribution in [1.29, 1.82) is 0 Å². The Morgan fingerprint density at radius 1 is 1.11 bits per heavy atom. The summed E-state index contributed by atoms with van der Waals surface area (Å²) in [6.45, 7) is 8.48. The van der Waals surface area contributed by atoms with Crippen LogP contribution in [0.15, 0.2) is 41.0 Å². The number of ether oxygens (including phenoxy) is 1. The molecule has 1 fully saturated rings. The van der Waals surface area contributed by atoms with Gasteiger partial charge in [0.05, 0.1) is 5.69 Å². The molecule has 150 valence electrons. The van der Waals surface area contributed by atoms with Crippen LogP contribution in [0.4, 0.5) is 27.7 Å². The van der Waals surface area contributed by atoms with Crippen LogP contribution in [0.5, 0.6) is 0 Å². The maximum absolute atomic E-state index is 12.2. The lowest BCUT2D eigenvalue weighted by atomic mass is 10.2. The maximum Gasteiger partial charge on any atom is 0.410 e. The first-order valence-electron chi connectivity index (χ1n) is 9.23. The van der Waals surface area contributed by atoms with Gasteiger partial charge in [-0.15, -0.1) is 0 Å². The lowest BCUT2D eigenvalue weighted by molar-refractivity contribution is 0.0240. The molecule has 1 amide bonds. The summed E-state index contributed by atoms with van der Waals surface area (Å²) < 4.78 is 6.17. The molecule has 0 bridgehead atoms. The van der Waals surface area contributed by atoms with Gasteiger partial charge in [0.15, 0.2) is 5.82 Å². The van der Waals surface area contributed by atoms with E-state index in [1.807, 2.05) is 32.9 Å². The van der Waals surface area contributed by atoms with Crippen LogP contribution in [0.2, 0.25) is 0 Å². The standard InChI is InChI=1S/C20H26BrN5O2/c1-20(2,3)28-19(27)26-12-10-25(11-13-26)15-6-4-14(5-7-15)23-18-16(22)8-9-17(21)24-18/h4-9H,10-13,22H2,1-3H3,(H,23,24). The number of benzene rings is 1. The number of pyridine rings is 1. The molecule has 0 spiro atoms. The lowest BCUT2D eigenvalue weighted by Crippen LogP contribution is -2.50. The highest BCUT2D eigenvalue weighted by molar-refractivity contribution is 9.10. The molecule has 3 N–H and O–H groups in total.